The first kappa shape index (κ1) is 14.6. The third-order valence-electron chi connectivity index (χ3n) is 5.25. The SMILES string of the molecule is CCC1CCNC(C2CCc3ccc(OC)cc3C2=O)C1. The van der Waals surface area contributed by atoms with Crippen LogP contribution in [-0.4, -0.2) is 25.5 Å². The van der Waals surface area contributed by atoms with Gasteiger partial charge in [0.2, 0.25) is 0 Å². The fourth-order valence-corrected chi connectivity index (χ4v) is 3.87. The molecule has 1 aromatic carbocycles. The van der Waals surface area contributed by atoms with Crippen molar-refractivity contribution in [2.24, 2.45) is 11.8 Å². The largest absolute Gasteiger partial charge is 0.497 e. The van der Waals surface area contributed by atoms with Gasteiger partial charge < -0.3 is 10.1 Å². The van der Waals surface area contributed by atoms with E-state index in [2.05, 4.69) is 12.2 Å². The molecule has 3 heteroatoms. The Bertz CT molecular complexity index is 526. The molecule has 1 heterocycles. The molecule has 0 spiro atoms. The molecule has 21 heavy (non-hydrogen) atoms. The van der Waals surface area contributed by atoms with E-state index in [0.717, 1.165) is 43.0 Å². The molecule has 3 atom stereocenters. The van der Waals surface area contributed by atoms with Gasteiger partial charge >= 0.3 is 0 Å². The van der Waals surface area contributed by atoms with Gasteiger partial charge in [0.15, 0.2) is 5.78 Å². The van der Waals surface area contributed by atoms with E-state index in [4.69, 9.17) is 4.74 Å². The quantitative estimate of drug-likeness (QED) is 0.927. The topological polar surface area (TPSA) is 38.3 Å². The van der Waals surface area contributed by atoms with Crippen LogP contribution in [0.25, 0.3) is 0 Å². The Labute approximate surface area is 127 Å². The summed E-state index contributed by atoms with van der Waals surface area (Å²) in [6.07, 6.45) is 5.60. The van der Waals surface area contributed by atoms with Crippen molar-refractivity contribution < 1.29 is 9.53 Å². The van der Waals surface area contributed by atoms with Crippen LogP contribution in [-0.2, 0) is 6.42 Å². The highest BCUT2D eigenvalue weighted by Crippen LogP contribution is 2.34. The number of aryl methyl sites for hydroxylation is 1. The van der Waals surface area contributed by atoms with Gasteiger partial charge in [-0.15, -0.1) is 0 Å². The van der Waals surface area contributed by atoms with Gasteiger partial charge in [0.05, 0.1) is 7.11 Å². The van der Waals surface area contributed by atoms with Crippen LogP contribution in [0.4, 0.5) is 0 Å². The van der Waals surface area contributed by atoms with E-state index in [-0.39, 0.29) is 5.92 Å². The second-order valence-corrected chi connectivity index (χ2v) is 6.39. The molecular formula is C18H25NO2. The Hall–Kier alpha value is -1.35. The zero-order valence-corrected chi connectivity index (χ0v) is 13.0. The number of fused-ring (bicyclic) bond motifs is 1. The number of hydrogen-bond acceptors (Lipinski definition) is 3. The first-order valence-corrected chi connectivity index (χ1v) is 8.17. The first-order valence-electron chi connectivity index (χ1n) is 8.17. The maximum absolute atomic E-state index is 12.9. The zero-order valence-electron chi connectivity index (χ0n) is 13.0. The van der Waals surface area contributed by atoms with Crippen LogP contribution in [0.1, 0.15) is 48.5 Å². The molecule has 0 bridgehead atoms. The van der Waals surface area contributed by atoms with E-state index in [1.165, 1.54) is 18.4 Å². The highest BCUT2D eigenvalue weighted by atomic mass is 16.5. The lowest BCUT2D eigenvalue weighted by molar-refractivity contribution is 0.0838. The number of ether oxygens (including phenoxy) is 1. The van der Waals surface area contributed by atoms with Gasteiger partial charge in [-0.2, -0.15) is 0 Å². The summed E-state index contributed by atoms with van der Waals surface area (Å²) >= 11 is 0. The molecule has 3 rings (SSSR count). The Morgan fingerprint density at radius 1 is 1.33 bits per heavy atom. The van der Waals surface area contributed by atoms with Crippen molar-refractivity contribution in [3.8, 4) is 5.75 Å². The Balaban J connectivity index is 1.81. The maximum atomic E-state index is 12.9. The first-order chi connectivity index (χ1) is 10.2. The molecule has 3 nitrogen and oxygen atoms in total. The van der Waals surface area contributed by atoms with E-state index >= 15 is 0 Å². The van der Waals surface area contributed by atoms with Crippen molar-refractivity contribution in [1.29, 1.82) is 0 Å². The molecule has 0 aromatic heterocycles. The van der Waals surface area contributed by atoms with E-state index < -0.39 is 0 Å². The maximum Gasteiger partial charge on any atom is 0.167 e. The summed E-state index contributed by atoms with van der Waals surface area (Å²) in [4.78, 5) is 12.9. The summed E-state index contributed by atoms with van der Waals surface area (Å²) in [6.45, 7) is 3.31. The van der Waals surface area contributed by atoms with E-state index in [0.29, 0.717) is 11.8 Å². The monoisotopic (exact) mass is 287 g/mol. The summed E-state index contributed by atoms with van der Waals surface area (Å²) in [5, 5.41) is 3.59. The molecule has 2 aliphatic rings. The Kier molecular flexibility index (Phi) is 4.29. The molecule has 1 aromatic rings. The van der Waals surface area contributed by atoms with Gasteiger partial charge in [-0.1, -0.05) is 19.4 Å². The number of carbonyl (C=O) groups excluding carboxylic acids is 1. The molecule has 0 radical (unpaired) electrons. The lowest BCUT2D eigenvalue weighted by atomic mass is 9.74. The van der Waals surface area contributed by atoms with Gasteiger partial charge in [0.25, 0.3) is 0 Å². The summed E-state index contributed by atoms with van der Waals surface area (Å²) in [7, 11) is 1.65. The fourth-order valence-electron chi connectivity index (χ4n) is 3.87. The number of Topliss-reactive ketones (excluding diaryl/α,β-unsaturated/α-hetero) is 1. The van der Waals surface area contributed by atoms with Crippen LogP contribution in [0.5, 0.6) is 5.75 Å². The highest BCUT2D eigenvalue weighted by Gasteiger charge is 2.35. The minimum Gasteiger partial charge on any atom is -0.497 e. The van der Waals surface area contributed by atoms with Crippen molar-refractivity contribution in [3.63, 3.8) is 0 Å². The second-order valence-electron chi connectivity index (χ2n) is 6.39. The van der Waals surface area contributed by atoms with Gasteiger partial charge in [-0.05, 0) is 55.8 Å². The van der Waals surface area contributed by atoms with Gasteiger partial charge in [-0.25, -0.2) is 0 Å². The summed E-state index contributed by atoms with van der Waals surface area (Å²) < 4.78 is 5.28. The molecular weight excluding hydrogens is 262 g/mol. The normalized spacial score (nSPS) is 29.0. The van der Waals surface area contributed by atoms with Gasteiger partial charge in [0, 0.05) is 17.5 Å². The molecule has 0 saturated carbocycles. The van der Waals surface area contributed by atoms with Crippen molar-refractivity contribution in [3.05, 3.63) is 29.3 Å². The Morgan fingerprint density at radius 3 is 2.95 bits per heavy atom. The smallest absolute Gasteiger partial charge is 0.167 e. The zero-order chi connectivity index (χ0) is 14.8. The number of benzene rings is 1. The predicted molar refractivity (Wildman–Crippen MR) is 83.9 cm³/mol. The van der Waals surface area contributed by atoms with E-state index in [9.17, 15) is 4.79 Å². The lowest BCUT2D eigenvalue weighted by Gasteiger charge is -2.36. The minimum atomic E-state index is 0.138. The van der Waals surface area contributed by atoms with Crippen molar-refractivity contribution in [2.75, 3.05) is 13.7 Å². The average molecular weight is 287 g/mol. The van der Waals surface area contributed by atoms with Gasteiger partial charge in [-0.3, -0.25) is 4.79 Å². The lowest BCUT2D eigenvalue weighted by Crippen LogP contribution is -2.47. The molecule has 1 aliphatic heterocycles. The highest BCUT2D eigenvalue weighted by molar-refractivity contribution is 6.01. The molecule has 1 aliphatic carbocycles. The van der Waals surface area contributed by atoms with Crippen LogP contribution < -0.4 is 10.1 Å². The number of ketones is 1. The van der Waals surface area contributed by atoms with Crippen LogP contribution >= 0.6 is 0 Å². The van der Waals surface area contributed by atoms with E-state index in [1.54, 1.807) is 7.11 Å². The molecule has 1 N–H and O–H groups in total. The predicted octanol–water partition coefficient (Wildman–Crippen LogP) is 3.22. The Morgan fingerprint density at radius 2 is 2.19 bits per heavy atom. The van der Waals surface area contributed by atoms with Crippen molar-refractivity contribution in [1.82, 2.24) is 5.32 Å². The number of rotatable bonds is 3. The summed E-state index contributed by atoms with van der Waals surface area (Å²) in [6, 6.07) is 6.28. The average Bonchev–Trinajstić information content (AvgIpc) is 2.55. The molecule has 114 valence electrons. The number of methoxy groups -OCH3 is 1. The summed E-state index contributed by atoms with van der Waals surface area (Å²) in [5.74, 6) is 2.00. The second kappa shape index (κ2) is 6.18. The fraction of sp³-hybridized carbons (Fsp3) is 0.611. The number of carbonyl (C=O) groups is 1. The number of nitrogens with one attached hydrogen (secondary N) is 1. The number of piperidine rings is 1. The minimum absolute atomic E-state index is 0.138. The van der Waals surface area contributed by atoms with Crippen molar-refractivity contribution in [2.45, 2.75) is 45.1 Å². The third-order valence-corrected chi connectivity index (χ3v) is 5.25. The van der Waals surface area contributed by atoms with Crippen LogP contribution in [0.15, 0.2) is 18.2 Å². The summed E-state index contributed by atoms with van der Waals surface area (Å²) in [5.41, 5.74) is 2.06. The van der Waals surface area contributed by atoms with Crippen molar-refractivity contribution >= 4 is 5.78 Å². The van der Waals surface area contributed by atoms with Crippen LogP contribution in [0.2, 0.25) is 0 Å². The van der Waals surface area contributed by atoms with Gasteiger partial charge in [0.1, 0.15) is 5.75 Å². The molecule has 0 amide bonds. The van der Waals surface area contributed by atoms with Crippen LogP contribution in [0.3, 0.4) is 0 Å². The van der Waals surface area contributed by atoms with Crippen LogP contribution in [0, 0.1) is 11.8 Å². The molecule has 1 fully saturated rings. The third kappa shape index (κ3) is 2.84. The standard InChI is InChI=1S/C18H25NO2/c1-3-12-8-9-19-17(10-12)15-7-5-13-4-6-14(21-2)11-16(13)18(15)20/h4,6,11-12,15,17,19H,3,5,7-10H2,1-2H3. The molecule has 1 saturated heterocycles. The van der Waals surface area contributed by atoms with E-state index in [1.807, 2.05) is 18.2 Å². The molecule has 3 unspecified atom stereocenters. The number of hydrogen-bond donors (Lipinski definition) is 1.